The number of nitrogens with one attached hydrogen (secondary N) is 2. The molecule has 0 aromatic rings. The van der Waals surface area contributed by atoms with Gasteiger partial charge in [-0.05, 0) is 32.1 Å². The smallest absolute Gasteiger partial charge is 0.315 e. The lowest BCUT2D eigenvalue weighted by Gasteiger charge is -2.35. The quantitative estimate of drug-likeness (QED) is 0.498. The van der Waals surface area contributed by atoms with E-state index in [0.29, 0.717) is 18.2 Å². The lowest BCUT2D eigenvalue weighted by atomic mass is 10.0. The van der Waals surface area contributed by atoms with Crippen LogP contribution >= 0.6 is 11.8 Å². The number of likely N-dealkylation sites (tertiary alicyclic amines) is 1. The summed E-state index contributed by atoms with van der Waals surface area (Å²) in [4.78, 5) is 25.8. The van der Waals surface area contributed by atoms with Crippen molar-refractivity contribution in [2.75, 3.05) is 18.8 Å². The minimum absolute atomic E-state index is 0.0293. The maximum absolute atomic E-state index is 12.4. The Morgan fingerprint density at radius 2 is 2.17 bits per heavy atom. The number of thioether (sulfide) groups is 1. The largest absolute Gasteiger partial charge is 0.338 e. The zero-order valence-electron chi connectivity index (χ0n) is 13.6. The van der Waals surface area contributed by atoms with E-state index in [-0.39, 0.29) is 30.1 Å². The summed E-state index contributed by atoms with van der Waals surface area (Å²) in [5.41, 5.74) is 5.79. The molecule has 0 aromatic carbocycles. The van der Waals surface area contributed by atoms with Crippen LogP contribution in [0.15, 0.2) is 0 Å². The van der Waals surface area contributed by atoms with Crippen molar-refractivity contribution in [3.63, 3.8) is 0 Å². The van der Waals surface area contributed by atoms with Crippen molar-refractivity contribution >= 4 is 23.7 Å². The van der Waals surface area contributed by atoms with Gasteiger partial charge in [-0.2, -0.15) is 11.8 Å². The molecule has 0 aromatic heterocycles. The minimum atomic E-state index is -0.0293. The number of fused-ring (bicyclic) bond motifs is 1. The van der Waals surface area contributed by atoms with Gasteiger partial charge in [0.2, 0.25) is 5.91 Å². The molecule has 0 radical (unpaired) electrons. The first-order valence-electron chi connectivity index (χ1n) is 8.87. The van der Waals surface area contributed by atoms with Crippen molar-refractivity contribution in [1.29, 1.82) is 0 Å². The summed E-state index contributed by atoms with van der Waals surface area (Å²) in [7, 11) is 0. The Morgan fingerprint density at radius 1 is 1.30 bits per heavy atom. The maximum atomic E-state index is 12.4. The third kappa shape index (κ3) is 3.94. The van der Waals surface area contributed by atoms with Crippen molar-refractivity contribution in [3.05, 3.63) is 0 Å². The fraction of sp³-hybridized carbons (Fsp3) is 0.875. The van der Waals surface area contributed by atoms with Gasteiger partial charge in [-0.3, -0.25) is 4.79 Å². The zero-order valence-corrected chi connectivity index (χ0v) is 14.4. The van der Waals surface area contributed by atoms with Gasteiger partial charge in [0.05, 0.1) is 12.1 Å². The van der Waals surface area contributed by atoms with Crippen LogP contribution in [-0.4, -0.2) is 59.1 Å². The molecule has 0 spiro atoms. The van der Waals surface area contributed by atoms with E-state index in [1.54, 1.807) is 0 Å². The van der Waals surface area contributed by atoms with Gasteiger partial charge in [0.15, 0.2) is 0 Å². The fourth-order valence-electron chi connectivity index (χ4n) is 3.98. The Hall–Kier alpha value is -0.950. The van der Waals surface area contributed by atoms with Crippen molar-refractivity contribution < 1.29 is 9.59 Å². The molecule has 0 bridgehead atoms. The number of piperidine rings is 1. The number of rotatable bonds is 6. The van der Waals surface area contributed by atoms with E-state index in [1.165, 1.54) is 6.42 Å². The monoisotopic (exact) mass is 340 g/mol. The second-order valence-corrected chi connectivity index (χ2v) is 8.11. The second-order valence-electron chi connectivity index (χ2n) is 6.84. The standard InChI is InChI=1S/C16H28N4O2S/c17-9-11-5-3-4-8-20(11)14(21)7-2-1-6-13-15-12(10-23-13)18-16(22)19-15/h11-13,15H,1-10,17H2,(H2,18,19,22)/t11?,12-,13-,15-/m0/s1. The lowest BCUT2D eigenvalue weighted by molar-refractivity contribution is -0.134. The Balaban J connectivity index is 1.36. The van der Waals surface area contributed by atoms with Crippen molar-refractivity contribution in [3.8, 4) is 0 Å². The Bertz CT molecular complexity index is 448. The molecule has 4 N–H and O–H groups in total. The summed E-state index contributed by atoms with van der Waals surface area (Å²) in [6.07, 6.45) is 7.03. The first-order valence-corrected chi connectivity index (χ1v) is 9.92. The van der Waals surface area contributed by atoms with Crippen LogP contribution in [-0.2, 0) is 4.79 Å². The number of carbonyl (C=O) groups excluding carboxylic acids is 2. The van der Waals surface area contributed by atoms with Gasteiger partial charge in [0.25, 0.3) is 0 Å². The molecule has 6 nitrogen and oxygen atoms in total. The third-order valence-corrected chi connectivity index (χ3v) is 6.80. The van der Waals surface area contributed by atoms with E-state index < -0.39 is 0 Å². The van der Waals surface area contributed by atoms with Gasteiger partial charge in [-0.1, -0.05) is 6.42 Å². The highest BCUT2D eigenvalue weighted by Gasteiger charge is 2.42. The van der Waals surface area contributed by atoms with Crippen LogP contribution in [0.4, 0.5) is 4.79 Å². The van der Waals surface area contributed by atoms with Crippen molar-refractivity contribution in [2.45, 2.75) is 68.3 Å². The van der Waals surface area contributed by atoms with Gasteiger partial charge in [-0.25, -0.2) is 4.79 Å². The number of nitrogens with two attached hydrogens (primary N) is 1. The molecular weight excluding hydrogens is 312 g/mol. The molecular formula is C16H28N4O2S. The Morgan fingerprint density at radius 3 is 3.00 bits per heavy atom. The summed E-state index contributed by atoms with van der Waals surface area (Å²) in [5.74, 6) is 1.27. The van der Waals surface area contributed by atoms with E-state index in [0.717, 1.165) is 44.4 Å². The summed E-state index contributed by atoms with van der Waals surface area (Å²) in [6, 6.07) is 0.783. The molecule has 3 fully saturated rings. The highest BCUT2D eigenvalue weighted by molar-refractivity contribution is 8.00. The molecule has 0 aliphatic carbocycles. The van der Waals surface area contributed by atoms with Crippen LogP contribution < -0.4 is 16.4 Å². The summed E-state index contributed by atoms with van der Waals surface area (Å²) in [5, 5.41) is 6.47. The molecule has 0 saturated carbocycles. The van der Waals surface area contributed by atoms with E-state index in [2.05, 4.69) is 10.6 Å². The van der Waals surface area contributed by atoms with Gasteiger partial charge < -0.3 is 21.3 Å². The van der Waals surface area contributed by atoms with Gasteiger partial charge in [0.1, 0.15) is 0 Å². The van der Waals surface area contributed by atoms with Gasteiger partial charge in [0, 0.05) is 36.6 Å². The SMILES string of the molecule is NCC1CCCCN1C(=O)CCCC[C@@H]1SC[C@@H]2NC(=O)N[C@@H]21. The molecule has 3 aliphatic heterocycles. The molecule has 3 aliphatic rings. The van der Waals surface area contributed by atoms with Crippen LogP contribution in [0.25, 0.3) is 0 Å². The van der Waals surface area contributed by atoms with Gasteiger partial charge >= 0.3 is 6.03 Å². The Kier molecular flexibility index (Phi) is 5.69. The predicted octanol–water partition coefficient (Wildman–Crippen LogP) is 1.05. The summed E-state index contributed by atoms with van der Waals surface area (Å²) in [6.45, 7) is 1.46. The molecule has 7 heteroatoms. The number of hydrogen-bond donors (Lipinski definition) is 3. The second kappa shape index (κ2) is 7.75. The number of hydrogen-bond acceptors (Lipinski definition) is 4. The molecule has 1 unspecified atom stereocenters. The van der Waals surface area contributed by atoms with Crippen molar-refractivity contribution in [2.24, 2.45) is 5.73 Å². The van der Waals surface area contributed by atoms with Crippen LogP contribution in [0, 0.1) is 0 Å². The lowest BCUT2D eigenvalue weighted by Crippen LogP contribution is -2.47. The molecule has 3 heterocycles. The van der Waals surface area contributed by atoms with Crippen LogP contribution in [0.5, 0.6) is 0 Å². The van der Waals surface area contributed by atoms with Crippen LogP contribution in [0.3, 0.4) is 0 Å². The van der Waals surface area contributed by atoms with Gasteiger partial charge in [-0.15, -0.1) is 0 Å². The number of nitrogens with zero attached hydrogens (tertiary/aromatic N) is 1. The number of amides is 3. The number of unbranched alkanes of at least 4 members (excludes halogenated alkanes) is 1. The molecule has 130 valence electrons. The zero-order chi connectivity index (χ0) is 16.2. The first-order chi connectivity index (χ1) is 11.2. The predicted molar refractivity (Wildman–Crippen MR) is 92.4 cm³/mol. The average molecular weight is 340 g/mol. The fourth-order valence-corrected chi connectivity index (χ4v) is 5.53. The highest BCUT2D eigenvalue weighted by Crippen LogP contribution is 2.33. The average Bonchev–Trinajstić information content (AvgIpc) is 3.10. The summed E-state index contributed by atoms with van der Waals surface area (Å²) < 4.78 is 0. The third-order valence-electron chi connectivity index (χ3n) is 5.29. The summed E-state index contributed by atoms with van der Waals surface area (Å²) >= 11 is 1.94. The maximum Gasteiger partial charge on any atom is 0.315 e. The molecule has 3 saturated heterocycles. The normalized spacial score (nSPS) is 33.3. The topological polar surface area (TPSA) is 87.5 Å². The number of carbonyl (C=O) groups is 2. The number of urea groups is 1. The Labute approximate surface area is 142 Å². The highest BCUT2D eigenvalue weighted by atomic mass is 32.2. The van der Waals surface area contributed by atoms with E-state index in [9.17, 15) is 9.59 Å². The van der Waals surface area contributed by atoms with E-state index in [1.807, 2.05) is 16.7 Å². The van der Waals surface area contributed by atoms with E-state index >= 15 is 0 Å². The minimum Gasteiger partial charge on any atom is -0.338 e. The molecule has 3 amide bonds. The van der Waals surface area contributed by atoms with Crippen molar-refractivity contribution in [1.82, 2.24) is 15.5 Å². The van der Waals surface area contributed by atoms with Crippen LogP contribution in [0.2, 0.25) is 0 Å². The molecule has 3 rings (SSSR count). The van der Waals surface area contributed by atoms with E-state index in [4.69, 9.17) is 5.73 Å². The van der Waals surface area contributed by atoms with Crippen LogP contribution in [0.1, 0.15) is 44.9 Å². The first kappa shape index (κ1) is 16.9. The molecule has 23 heavy (non-hydrogen) atoms. The molecule has 4 atom stereocenters.